The maximum atomic E-state index is 13.1. The van der Waals surface area contributed by atoms with Gasteiger partial charge in [-0.25, -0.2) is 8.78 Å². The minimum absolute atomic E-state index is 0.270. The third-order valence-corrected chi connectivity index (χ3v) is 2.61. The first-order chi connectivity index (χ1) is 8.08. The Kier molecular flexibility index (Phi) is 3.15. The number of hydrogen-bond donors (Lipinski definition) is 1. The van der Waals surface area contributed by atoms with Crippen molar-refractivity contribution < 1.29 is 8.78 Å². The normalized spacial score (nSPS) is 12.5. The predicted octanol–water partition coefficient (Wildman–Crippen LogP) is 2.72. The van der Waals surface area contributed by atoms with E-state index in [1.807, 2.05) is 0 Å². The van der Waals surface area contributed by atoms with Gasteiger partial charge in [-0.2, -0.15) is 0 Å². The van der Waals surface area contributed by atoms with Crippen LogP contribution in [0.2, 0.25) is 0 Å². The fourth-order valence-electron chi connectivity index (χ4n) is 1.60. The Bertz CT molecular complexity index is 523. The summed E-state index contributed by atoms with van der Waals surface area (Å²) in [6, 6.07) is 7.00. The smallest absolute Gasteiger partial charge is 0.141 e. The Morgan fingerprint density at radius 2 is 1.94 bits per heavy atom. The Labute approximate surface area is 98.1 Å². The van der Waals surface area contributed by atoms with Crippen LogP contribution < -0.4 is 5.73 Å². The van der Waals surface area contributed by atoms with Crippen LogP contribution in [0.15, 0.2) is 36.5 Å². The summed E-state index contributed by atoms with van der Waals surface area (Å²) in [6.07, 6.45) is 1.12. The molecular formula is C13H12F2N2. The van der Waals surface area contributed by atoms with Gasteiger partial charge < -0.3 is 5.73 Å². The van der Waals surface area contributed by atoms with Crippen molar-refractivity contribution in [3.63, 3.8) is 0 Å². The first kappa shape index (κ1) is 11.7. The second kappa shape index (κ2) is 4.59. The number of pyridine rings is 1. The average molecular weight is 234 g/mol. The van der Waals surface area contributed by atoms with Crippen LogP contribution >= 0.6 is 0 Å². The summed E-state index contributed by atoms with van der Waals surface area (Å²) in [5.41, 5.74) is 7.81. The summed E-state index contributed by atoms with van der Waals surface area (Å²) >= 11 is 0. The number of aryl methyl sites for hydroxylation is 1. The third-order valence-electron chi connectivity index (χ3n) is 2.61. The molecule has 0 aliphatic carbocycles. The van der Waals surface area contributed by atoms with E-state index in [-0.39, 0.29) is 5.82 Å². The molecule has 0 saturated carbocycles. The lowest BCUT2D eigenvalue weighted by atomic mass is 10.0. The van der Waals surface area contributed by atoms with Crippen LogP contribution in [0.3, 0.4) is 0 Å². The monoisotopic (exact) mass is 234 g/mol. The summed E-state index contributed by atoms with van der Waals surface area (Å²) < 4.78 is 25.8. The molecule has 0 saturated heterocycles. The maximum absolute atomic E-state index is 13.1. The van der Waals surface area contributed by atoms with Gasteiger partial charge in [-0.15, -0.1) is 0 Å². The largest absolute Gasteiger partial charge is 0.319 e. The lowest BCUT2D eigenvalue weighted by Gasteiger charge is -2.12. The van der Waals surface area contributed by atoms with Gasteiger partial charge in [0.15, 0.2) is 0 Å². The number of nitrogens with two attached hydrogens (primary N) is 1. The molecule has 88 valence electrons. The van der Waals surface area contributed by atoms with Crippen molar-refractivity contribution in [1.82, 2.24) is 4.98 Å². The number of rotatable bonds is 2. The van der Waals surface area contributed by atoms with Crippen LogP contribution in [0, 0.1) is 18.6 Å². The average Bonchev–Trinajstić information content (AvgIpc) is 2.33. The molecule has 0 bridgehead atoms. The van der Waals surface area contributed by atoms with Gasteiger partial charge in [0.2, 0.25) is 0 Å². The molecular weight excluding hydrogens is 222 g/mol. The number of benzene rings is 1. The highest BCUT2D eigenvalue weighted by atomic mass is 19.1. The predicted molar refractivity (Wildman–Crippen MR) is 61.4 cm³/mol. The third kappa shape index (κ3) is 2.47. The van der Waals surface area contributed by atoms with Crippen LogP contribution in [0.1, 0.15) is 22.9 Å². The zero-order valence-corrected chi connectivity index (χ0v) is 9.32. The number of nitrogens with zero attached hydrogens (tertiary/aromatic N) is 1. The highest BCUT2D eigenvalue weighted by molar-refractivity contribution is 5.31. The molecule has 2 aromatic rings. The molecule has 17 heavy (non-hydrogen) atoms. The summed E-state index contributed by atoms with van der Waals surface area (Å²) in [7, 11) is 0. The van der Waals surface area contributed by atoms with Crippen LogP contribution in [0.5, 0.6) is 0 Å². The molecule has 1 heterocycles. The lowest BCUT2D eigenvalue weighted by Crippen LogP contribution is -2.13. The summed E-state index contributed by atoms with van der Waals surface area (Å²) in [5, 5.41) is 0. The van der Waals surface area contributed by atoms with E-state index in [1.165, 1.54) is 18.2 Å². The van der Waals surface area contributed by atoms with Crippen molar-refractivity contribution in [3.8, 4) is 0 Å². The fourth-order valence-corrected chi connectivity index (χ4v) is 1.60. The van der Waals surface area contributed by atoms with Gasteiger partial charge in [-0.3, -0.25) is 4.98 Å². The zero-order valence-electron chi connectivity index (χ0n) is 9.32. The van der Waals surface area contributed by atoms with Crippen molar-refractivity contribution in [2.45, 2.75) is 13.0 Å². The van der Waals surface area contributed by atoms with Crippen molar-refractivity contribution in [1.29, 1.82) is 0 Å². The molecule has 0 aliphatic heterocycles. The maximum Gasteiger partial charge on any atom is 0.141 e. The molecule has 1 unspecified atom stereocenters. The molecule has 2 rings (SSSR count). The summed E-state index contributed by atoms with van der Waals surface area (Å²) in [4.78, 5) is 3.91. The van der Waals surface area contributed by atoms with Crippen molar-refractivity contribution in [3.05, 3.63) is 65.0 Å². The highest BCUT2D eigenvalue weighted by Crippen LogP contribution is 2.20. The first-order valence-electron chi connectivity index (χ1n) is 5.21. The molecule has 1 aromatic heterocycles. The van der Waals surface area contributed by atoms with Crippen LogP contribution in [-0.4, -0.2) is 4.98 Å². The van der Waals surface area contributed by atoms with Crippen LogP contribution in [0.4, 0.5) is 8.78 Å². The first-order valence-corrected chi connectivity index (χ1v) is 5.21. The topological polar surface area (TPSA) is 38.9 Å². The van der Waals surface area contributed by atoms with Crippen molar-refractivity contribution in [2.24, 2.45) is 5.73 Å². The molecule has 1 atom stereocenters. The zero-order chi connectivity index (χ0) is 12.4. The van der Waals surface area contributed by atoms with Crippen molar-refractivity contribution >= 4 is 0 Å². The second-order valence-corrected chi connectivity index (χ2v) is 3.89. The Morgan fingerprint density at radius 3 is 2.53 bits per heavy atom. The second-order valence-electron chi connectivity index (χ2n) is 3.89. The quantitative estimate of drug-likeness (QED) is 0.867. The van der Waals surface area contributed by atoms with Crippen molar-refractivity contribution in [2.75, 3.05) is 0 Å². The molecule has 0 radical (unpaired) electrons. The number of aromatic nitrogens is 1. The molecule has 2 N–H and O–H groups in total. The Morgan fingerprint density at radius 1 is 1.18 bits per heavy atom. The van der Waals surface area contributed by atoms with Gasteiger partial charge in [-0.05, 0) is 36.2 Å². The Balaban J connectivity index is 2.33. The van der Waals surface area contributed by atoms with E-state index in [1.54, 1.807) is 19.1 Å². The van der Waals surface area contributed by atoms with E-state index in [0.717, 1.165) is 11.8 Å². The van der Waals surface area contributed by atoms with Gasteiger partial charge in [0.25, 0.3) is 0 Å². The molecule has 2 nitrogen and oxygen atoms in total. The minimum atomic E-state index is -0.477. The van der Waals surface area contributed by atoms with Gasteiger partial charge in [0.05, 0.1) is 17.9 Å². The molecule has 1 aromatic carbocycles. The minimum Gasteiger partial charge on any atom is -0.319 e. The SMILES string of the molecule is Cc1cc(C(N)c2ccc(F)cn2)ccc1F. The number of hydrogen-bond acceptors (Lipinski definition) is 2. The van der Waals surface area contributed by atoms with Gasteiger partial charge in [0, 0.05) is 0 Å². The summed E-state index contributed by atoms with van der Waals surface area (Å²) in [6.45, 7) is 1.67. The van der Waals surface area contributed by atoms with E-state index in [2.05, 4.69) is 4.98 Å². The number of halogens is 2. The molecule has 0 aliphatic rings. The van der Waals surface area contributed by atoms with E-state index >= 15 is 0 Å². The molecule has 0 amide bonds. The lowest BCUT2D eigenvalue weighted by molar-refractivity contribution is 0.614. The standard InChI is InChI=1S/C13H12F2N2/c1-8-6-9(2-4-11(8)15)13(16)12-5-3-10(14)7-17-12/h2-7,13H,16H2,1H3. The van der Waals surface area contributed by atoms with Gasteiger partial charge >= 0.3 is 0 Å². The van der Waals surface area contributed by atoms with E-state index in [9.17, 15) is 8.78 Å². The Hall–Kier alpha value is -1.81. The van der Waals surface area contributed by atoms with Gasteiger partial charge in [0.1, 0.15) is 11.6 Å². The van der Waals surface area contributed by atoms with E-state index in [4.69, 9.17) is 5.73 Å². The highest BCUT2D eigenvalue weighted by Gasteiger charge is 2.11. The van der Waals surface area contributed by atoms with E-state index in [0.29, 0.717) is 11.3 Å². The fraction of sp³-hybridized carbons (Fsp3) is 0.154. The van der Waals surface area contributed by atoms with Crippen LogP contribution in [-0.2, 0) is 0 Å². The summed E-state index contributed by atoms with van der Waals surface area (Å²) in [5.74, 6) is -0.677. The molecule has 4 heteroatoms. The van der Waals surface area contributed by atoms with Crippen LogP contribution in [0.25, 0.3) is 0 Å². The molecule has 0 spiro atoms. The van der Waals surface area contributed by atoms with Gasteiger partial charge in [-0.1, -0.05) is 12.1 Å². The van der Waals surface area contributed by atoms with E-state index < -0.39 is 11.9 Å². The molecule has 0 fully saturated rings.